The monoisotopic (exact) mass is 191 g/mol. The van der Waals surface area contributed by atoms with E-state index in [4.69, 9.17) is 10.8 Å². The topological polar surface area (TPSA) is 63.3 Å². The zero-order valence-corrected chi connectivity index (χ0v) is 6.21. The van der Waals surface area contributed by atoms with Crippen LogP contribution in [0.2, 0.25) is 0 Å². The zero-order chi connectivity index (χ0) is 6.85. The number of hydrogen-bond acceptors (Lipinski definition) is 2. The first-order chi connectivity index (χ1) is 4.22. The van der Waals surface area contributed by atoms with Crippen molar-refractivity contribution in [1.82, 2.24) is 0 Å². The first-order valence-electron chi connectivity index (χ1n) is 2.28. The Bertz CT molecular complexity index is 231. The Hall–Kier alpha value is -0.731. The van der Waals surface area contributed by atoms with Crippen LogP contribution in [0.15, 0.2) is 11.0 Å². The Balaban J connectivity index is 3.08. The number of rotatable bonds is 1. The summed E-state index contributed by atoms with van der Waals surface area (Å²) in [7, 11) is 0. The molecule has 0 bridgehead atoms. The fourth-order valence-electron chi connectivity index (χ4n) is 0.498. The summed E-state index contributed by atoms with van der Waals surface area (Å²) in [5.41, 5.74) is 5.60. The number of carbonyl (C=O) groups is 1. The number of aromatic carboxylic acids is 1. The molecular weight excluding hydrogens is 185 g/mol. The first-order valence-corrected chi connectivity index (χ1v) is 4.12. The number of carboxylic acid groups (broad SMARTS) is 1. The van der Waals surface area contributed by atoms with Gasteiger partial charge in [0.05, 0.1) is 0 Å². The molecule has 9 heavy (non-hydrogen) atoms. The SMILES string of the molecule is Nc1[se]ccc1C(=O)O. The van der Waals surface area contributed by atoms with Gasteiger partial charge in [-0.1, -0.05) is 0 Å². The molecule has 0 aliphatic carbocycles. The van der Waals surface area contributed by atoms with Crippen LogP contribution in [0.25, 0.3) is 0 Å². The molecule has 48 valence electrons. The third-order valence-corrected chi connectivity index (χ3v) is 2.49. The van der Waals surface area contributed by atoms with Crippen LogP contribution in [-0.2, 0) is 0 Å². The predicted molar refractivity (Wildman–Crippen MR) is 34.8 cm³/mol. The number of hydrogen-bond donors (Lipinski definition) is 2. The van der Waals surface area contributed by atoms with Crippen LogP contribution < -0.4 is 5.73 Å². The van der Waals surface area contributed by atoms with Crippen LogP contribution in [0, 0.1) is 0 Å². The van der Waals surface area contributed by atoms with Crippen molar-refractivity contribution in [3.05, 3.63) is 16.6 Å². The van der Waals surface area contributed by atoms with E-state index in [1.807, 2.05) is 0 Å². The summed E-state index contributed by atoms with van der Waals surface area (Å²) in [6.45, 7) is 0. The van der Waals surface area contributed by atoms with E-state index in [2.05, 4.69) is 0 Å². The Kier molecular flexibility index (Phi) is 1.60. The second kappa shape index (κ2) is 2.25. The summed E-state index contributed by atoms with van der Waals surface area (Å²) in [6, 6.07) is 1.55. The van der Waals surface area contributed by atoms with E-state index in [1.54, 1.807) is 11.0 Å². The van der Waals surface area contributed by atoms with Crippen LogP contribution in [-0.4, -0.2) is 25.6 Å². The van der Waals surface area contributed by atoms with E-state index in [1.165, 1.54) is 0 Å². The molecule has 1 aromatic rings. The van der Waals surface area contributed by atoms with E-state index in [-0.39, 0.29) is 20.1 Å². The summed E-state index contributed by atoms with van der Waals surface area (Å²) in [6.07, 6.45) is 0. The first kappa shape index (κ1) is 6.39. The molecule has 0 aliphatic rings. The van der Waals surface area contributed by atoms with Gasteiger partial charge in [0.15, 0.2) is 0 Å². The number of anilines is 1. The molecule has 1 heterocycles. The van der Waals surface area contributed by atoms with Crippen LogP contribution >= 0.6 is 0 Å². The number of nitrogen functional groups attached to an aromatic ring is 1. The van der Waals surface area contributed by atoms with E-state index < -0.39 is 5.97 Å². The summed E-state index contributed by atoms with van der Waals surface area (Å²) in [5.74, 6) is -0.928. The van der Waals surface area contributed by atoms with Gasteiger partial charge in [-0.2, -0.15) is 0 Å². The van der Waals surface area contributed by atoms with Crippen molar-refractivity contribution in [1.29, 1.82) is 0 Å². The molecule has 0 atom stereocenters. The molecular formula is C5H5NO2Se. The Morgan fingerprint density at radius 2 is 2.44 bits per heavy atom. The van der Waals surface area contributed by atoms with Gasteiger partial charge in [0.25, 0.3) is 0 Å². The van der Waals surface area contributed by atoms with E-state index in [9.17, 15) is 4.79 Å². The van der Waals surface area contributed by atoms with Crippen molar-refractivity contribution in [2.24, 2.45) is 0 Å². The molecule has 0 aliphatic heterocycles. The van der Waals surface area contributed by atoms with Gasteiger partial charge in [-0.05, 0) is 0 Å². The molecule has 1 aromatic heterocycles. The molecule has 3 N–H and O–H groups in total. The van der Waals surface area contributed by atoms with Gasteiger partial charge in [-0.25, -0.2) is 0 Å². The van der Waals surface area contributed by atoms with Crippen LogP contribution in [0.4, 0.5) is 4.56 Å². The minimum atomic E-state index is -0.928. The molecule has 0 saturated heterocycles. The second-order valence-electron chi connectivity index (χ2n) is 1.50. The van der Waals surface area contributed by atoms with Crippen molar-refractivity contribution < 1.29 is 9.90 Å². The Morgan fingerprint density at radius 1 is 1.78 bits per heavy atom. The molecule has 0 fully saturated rings. The van der Waals surface area contributed by atoms with Crippen molar-refractivity contribution >= 4 is 25.0 Å². The normalized spacial score (nSPS) is 9.33. The zero-order valence-electron chi connectivity index (χ0n) is 4.50. The maximum absolute atomic E-state index is 10.2. The van der Waals surface area contributed by atoms with Gasteiger partial charge in [-0.3, -0.25) is 0 Å². The molecule has 0 radical (unpaired) electrons. The Labute approximate surface area is 57.8 Å². The summed E-state index contributed by atoms with van der Waals surface area (Å²) >= 11 is 0.0771. The average molecular weight is 190 g/mol. The molecule has 3 nitrogen and oxygen atoms in total. The summed E-state index contributed by atoms with van der Waals surface area (Å²) < 4.78 is 0.509. The van der Waals surface area contributed by atoms with Gasteiger partial charge in [-0.15, -0.1) is 0 Å². The van der Waals surface area contributed by atoms with Crippen LogP contribution in [0.5, 0.6) is 0 Å². The number of carboxylic acids is 1. The van der Waals surface area contributed by atoms with Gasteiger partial charge in [0, 0.05) is 0 Å². The summed E-state index contributed by atoms with van der Waals surface area (Å²) in [5, 5.41) is 8.40. The van der Waals surface area contributed by atoms with Crippen molar-refractivity contribution in [2.45, 2.75) is 0 Å². The fraction of sp³-hybridized carbons (Fsp3) is 0. The molecule has 0 spiro atoms. The van der Waals surface area contributed by atoms with E-state index >= 15 is 0 Å². The van der Waals surface area contributed by atoms with Crippen molar-refractivity contribution in [3.8, 4) is 0 Å². The quantitative estimate of drug-likeness (QED) is 0.613. The summed E-state index contributed by atoms with van der Waals surface area (Å²) in [4.78, 5) is 12.0. The van der Waals surface area contributed by atoms with Crippen molar-refractivity contribution in [3.63, 3.8) is 0 Å². The van der Waals surface area contributed by atoms with E-state index in [0.717, 1.165) is 0 Å². The third-order valence-electron chi connectivity index (χ3n) is 0.926. The molecule has 4 heteroatoms. The second-order valence-corrected chi connectivity index (χ2v) is 3.49. The molecule has 0 saturated carbocycles. The molecule has 0 amide bonds. The minimum absolute atomic E-state index is 0.0771. The molecule has 0 unspecified atom stereocenters. The third kappa shape index (κ3) is 1.15. The Morgan fingerprint density at radius 3 is 2.67 bits per heavy atom. The van der Waals surface area contributed by atoms with Crippen LogP contribution in [0.3, 0.4) is 0 Å². The van der Waals surface area contributed by atoms with Gasteiger partial charge >= 0.3 is 57.2 Å². The van der Waals surface area contributed by atoms with Gasteiger partial charge in [0.1, 0.15) is 0 Å². The van der Waals surface area contributed by atoms with Gasteiger partial charge in [0.2, 0.25) is 0 Å². The molecule has 0 aromatic carbocycles. The standard InChI is InChI=1S/C5H5NO2Se/c6-4-3(5(7)8)1-2-9-4/h1-2H,6H2,(H,7,8). The molecule has 1 rings (SSSR count). The fourth-order valence-corrected chi connectivity index (χ4v) is 1.83. The van der Waals surface area contributed by atoms with Crippen molar-refractivity contribution in [2.75, 3.05) is 5.73 Å². The maximum atomic E-state index is 10.2. The van der Waals surface area contributed by atoms with Crippen LogP contribution in [0.1, 0.15) is 10.4 Å². The van der Waals surface area contributed by atoms with E-state index in [0.29, 0.717) is 4.56 Å². The number of nitrogens with two attached hydrogens (primary N) is 1. The average Bonchev–Trinajstić information content (AvgIpc) is 2.13. The van der Waals surface area contributed by atoms with Gasteiger partial charge < -0.3 is 0 Å². The predicted octanol–water partition coefficient (Wildman–Crippen LogP) is 0.0240.